The summed E-state index contributed by atoms with van der Waals surface area (Å²) in [5.41, 5.74) is 5.35. The number of amides is 3. The van der Waals surface area contributed by atoms with Crippen LogP contribution in [0.4, 0.5) is 4.79 Å². The number of phenolic OH excluding ortho intramolecular Hbond substituents is 1. The minimum absolute atomic E-state index is 0.00789. The lowest BCUT2D eigenvalue weighted by Crippen LogP contribution is -2.60. The van der Waals surface area contributed by atoms with Crippen molar-refractivity contribution in [2.45, 2.75) is 69.7 Å². The number of hydrogen-bond acceptors (Lipinski definition) is 9. The molecule has 7 rings (SSSR count). The van der Waals surface area contributed by atoms with Crippen molar-refractivity contribution in [3.63, 3.8) is 0 Å². The van der Waals surface area contributed by atoms with Gasteiger partial charge in [0.15, 0.2) is 17.2 Å². The number of unbranched alkanes of at least 4 members (excludes halogenated alkanes) is 1. The molecule has 57 heavy (non-hydrogen) atoms. The number of hydrogen-bond donors (Lipinski definition) is 4. The van der Waals surface area contributed by atoms with Gasteiger partial charge >= 0.3 is 12.1 Å². The van der Waals surface area contributed by atoms with Crippen molar-refractivity contribution in [2.75, 3.05) is 20.3 Å². The molecular formula is C42H42Br2IN3O9. The van der Waals surface area contributed by atoms with Crippen molar-refractivity contribution in [3.05, 3.63) is 108 Å². The highest BCUT2D eigenvalue weighted by Crippen LogP contribution is 2.45. The van der Waals surface area contributed by atoms with Crippen LogP contribution in [0.2, 0.25) is 0 Å². The Morgan fingerprint density at radius 1 is 0.947 bits per heavy atom. The van der Waals surface area contributed by atoms with E-state index in [0.717, 1.165) is 28.7 Å². The summed E-state index contributed by atoms with van der Waals surface area (Å²) in [5.74, 6) is -2.04. The van der Waals surface area contributed by atoms with Crippen molar-refractivity contribution in [3.8, 4) is 28.4 Å². The highest BCUT2D eigenvalue weighted by Gasteiger charge is 2.35. The van der Waals surface area contributed by atoms with E-state index in [1.165, 1.54) is 7.11 Å². The van der Waals surface area contributed by atoms with Gasteiger partial charge < -0.3 is 40.0 Å². The maximum Gasteiger partial charge on any atom is 0.407 e. The van der Waals surface area contributed by atoms with E-state index in [2.05, 4.69) is 47.8 Å². The van der Waals surface area contributed by atoms with Crippen LogP contribution in [0.25, 0.3) is 11.1 Å². The highest BCUT2D eigenvalue weighted by atomic mass is 127. The van der Waals surface area contributed by atoms with E-state index >= 15 is 0 Å². The zero-order chi connectivity index (χ0) is 40.8. The molecule has 0 fully saturated rings. The number of rotatable bonds is 9. The predicted octanol–water partition coefficient (Wildman–Crippen LogP) is 7.67. The Balaban J connectivity index is 1.35. The maximum atomic E-state index is 14.4. The lowest BCUT2D eigenvalue weighted by molar-refractivity contribution is -0.146. The fourth-order valence-corrected chi connectivity index (χ4v) is 9.09. The second kappa shape index (κ2) is 19.0. The third-order valence-corrected chi connectivity index (χ3v) is 11.9. The Bertz CT molecular complexity index is 2100. The van der Waals surface area contributed by atoms with Gasteiger partial charge in [-0.2, -0.15) is 0 Å². The molecule has 1 aliphatic carbocycles. The van der Waals surface area contributed by atoms with Gasteiger partial charge in [0.25, 0.3) is 0 Å². The minimum Gasteiger partial charge on any atom is -0.504 e. The number of phenols is 1. The van der Waals surface area contributed by atoms with E-state index in [9.17, 15) is 24.3 Å². The van der Waals surface area contributed by atoms with E-state index in [0.29, 0.717) is 42.4 Å². The van der Waals surface area contributed by atoms with Crippen molar-refractivity contribution in [1.82, 2.24) is 16.0 Å². The molecule has 3 aliphatic rings. The van der Waals surface area contributed by atoms with Crippen LogP contribution in [0, 0.1) is 3.57 Å². The first kappa shape index (κ1) is 42.4. The molecular weight excluding hydrogens is 977 g/mol. The number of aromatic hydroxyl groups is 1. The Morgan fingerprint density at radius 2 is 1.58 bits per heavy atom. The monoisotopic (exact) mass is 1020 g/mol. The first-order valence-electron chi connectivity index (χ1n) is 18.5. The van der Waals surface area contributed by atoms with Crippen LogP contribution in [-0.2, 0) is 41.4 Å². The van der Waals surface area contributed by atoms with E-state index in [1.807, 2.05) is 78.0 Å². The highest BCUT2D eigenvalue weighted by molar-refractivity contribution is 14.1. The van der Waals surface area contributed by atoms with Gasteiger partial charge in [-0.05, 0) is 125 Å². The zero-order valence-corrected chi connectivity index (χ0v) is 36.7. The number of fused-ring (bicyclic) bond motifs is 13. The molecule has 4 aromatic carbocycles. The van der Waals surface area contributed by atoms with Crippen LogP contribution < -0.4 is 20.7 Å². The Hall–Kier alpha value is -4.19. The molecule has 4 atom stereocenters. The number of alkyl carbamates (subject to hydrolysis) is 1. The van der Waals surface area contributed by atoms with Gasteiger partial charge in [0.05, 0.1) is 25.7 Å². The van der Waals surface area contributed by atoms with Gasteiger partial charge in [0, 0.05) is 25.4 Å². The summed E-state index contributed by atoms with van der Waals surface area (Å²) in [6.45, 7) is 3.99. The number of carbonyl (C=O) groups excluding carboxylic acids is 4. The van der Waals surface area contributed by atoms with Crippen LogP contribution >= 0.6 is 54.5 Å². The molecule has 3 amide bonds. The quantitative estimate of drug-likeness (QED) is 0.0750. The van der Waals surface area contributed by atoms with Gasteiger partial charge in [0.1, 0.15) is 24.7 Å². The molecule has 0 aromatic heterocycles. The predicted molar refractivity (Wildman–Crippen MR) is 228 cm³/mol. The topological polar surface area (TPSA) is 162 Å². The van der Waals surface area contributed by atoms with E-state index in [4.69, 9.17) is 18.9 Å². The van der Waals surface area contributed by atoms with Crippen LogP contribution in [0.15, 0.2) is 81.7 Å². The summed E-state index contributed by atoms with van der Waals surface area (Å²) >= 11 is 9.07. The Labute approximate surface area is 361 Å². The van der Waals surface area contributed by atoms with E-state index in [-0.39, 0.29) is 36.9 Å². The first-order valence-corrected chi connectivity index (χ1v) is 21.1. The Morgan fingerprint density at radius 3 is 2.21 bits per heavy atom. The molecule has 0 saturated heterocycles. The second-order valence-electron chi connectivity index (χ2n) is 13.8. The largest absolute Gasteiger partial charge is 0.504 e. The van der Waals surface area contributed by atoms with Gasteiger partial charge in [-0.3, -0.25) is 9.59 Å². The SMILES string of the molecule is CCCCOC(C)[C@@H]1NC(=O)[C@@H](NC(=O)OCC2c3ccccc3-c3ccccc32)Cc2cc(I)c(O)c(c2)Oc2c(Br)cc(cc2Br)C[C@@H](C(=O)OC)NC1=O. The summed E-state index contributed by atoms with van der Waals surface area (Å²) in [4.78, 5) is 55.2. The van der Waals surface area contributed by atoms with Gasteiger partial charge in [-0.15, -0.1) is 0 Å². The molecule has 0 radical (unpaired) electrons. The molecule has 1 unspecified atom stereocenters. The van der Waals surface area contributed by atoms with Crippen LogP contribution in [0.5, 0.6) is 17.2 Å². The smallest absolute Gasteiger partial charge is 0.407 e. The molecule has 4 N–H and O–H groups in total. The summed E-state index contributed by atoms with van der Waals surface area (Å²) < 4.78 is 24.5. The molecule has 300 valence electrons. The number of halogens is 3. The molecule has 2 heterocycles. The third-order valence-electron chi connectivity index (χ3n) is 9.92. The van der Waals surface area contributed by atoms with Crippen LogP contribution in [-0.4, -0.2) is 73.5 Å². The minimum atomic E-state index is -1.29. The molecule has 2 aliphatic heterocycles. The van der Waals surface area contributed by atoms with Gasteiger partial charge in [-0.25, -0.2) is 9.59 Å². The van der Waals surface area contributed by atoms with Crippen LogP contribution in [0.1, 0.15) is 54.9 Å². The molecule has 0 spiro atoms. The van der Waals surface area contributed by atoms with Crippen molar-refractivity contribution in [1.29, 1.82) is 0 Å². The summed E-state index contributed by atoms with van der Waals surface area (Å²) in [5, 5.41) is 19.4. The first-order chi connectivity index (χ1) is 27.4. The average molecular weight is 1020 g/mol. The van der Waals surface area contributed by atoms with Gasteiger partial charge in [0.2, 0.25) is 11.8 Å². The molecule has 4 bridgehead atoms. The fourth-order valence-electron chi connectivity index (χ4n) is 6.98. The number of ether oxygens (including phenoxy) is 4. The lowest BCUT2D eigenvalue weighted by Gasteiger charge is -2.28. The summed E-state index contributed by atoms with van der Waals surface area (Å²) in [6, 6.07) is 18.9. The molecule has 0 saturated carbocycles. The molecule has 15 heteroatoms. The summed E-state index contributed by atoms with van der Waals surface area (Å²) in [7, 11) is 1.22. The van der Waals surface area contributed by atoms with Crippen molar-refractivity contribution in [2.24, 2.45) is 0 Å². The number of esters is 1. The molecule has 12 nitrogen and oxygen atoms in total. The van der Waals surface area contributed by atoms with E-state index in [1.54, 1.807) is 31.2 Å². The normalized spacial score (nSPS) is 18.6. The maximum absolute atomic E-state index is 14.4. The second-order valence-corrected chi connectivity index (χ2v) is 16.7. The third kappa shape index (κ3) is 9.92. The van der Waals surface area contributed by atoms with Crippen molar-refractivity contribution >= 4 is 78.3 Å². The zero-order valence-electron chi connectivity index (χ0n) is 31.4. The standard InChI is InChI=1S/C42H42Br2IN3O9/c1-4-5-14-55-22(2)36-40(51)46-34(41(52)54-3)19-23-15-30(43)38(31(44)16-23)57-35-20-24(17-32(45)37(35)49)18-33(39(50)48-36)47-42(53)56-21-29-27-12-8-6-10-25(27)26-11-7-9-13-28(26)29/h6-13,15-17,20,22,29,33-34,36,49H,4-5,14,18-19,21H2,1-3H3,(H,46,51)(H,47,53)(H,48,50)/t22?,33-,34-,36-/m0/s1. The summed E-state index contributed by atoms with van der Waals surface area (Å²) in [6.07, 6.45) is -0.200. The molecule has 4 aromatic rings. The van der Waals surface area contributed by atoms with Gasteiger partial charge in [-0.1, -0.05) is 61.9 Å². The number of nitrogens with one attached hydrogen (secondary N) is 3. The van der Waals surface area contributed by atoms with E-state index < -0.39 is 48.1 Å². The number of methoxy groups -OCH3 is 1. The number of benzene rings is 4. The lowest BCUT2D eigenvalue weighted by atomic mass is 9.98. The number of carbonyl (C=O) groups is 4. The van der Waals surface area contributed by atoms with Crippen LogP contribution in [0.3, 0.4) is 0 Å². The Kier molecular flexibility index (Phi) is 14.2. The van der Waals surface area contributed by atoms with Crippen molar-refractivity contribution < 1.29 is 43.2 Å². The fraction of sp³-hybridized carbons (Fsp3) is 0.333. The average Bonchev–Trinajstić information content (AvgIpc) is 3.51.